The van der Waals surface area contributed by atoms with E-state index in [4.69, 9.17) is 11.6 Å². The third kappa shape index (κ3) is 2.98. The summed E-state index contributed by atoms with van der Waals surface area (Å²) in [5.74, 6) is 1.98. The number of nitrogens with zero attached hydrogens (tertiary/aromatic N) is 3. The number of benzene rings is 1. The Labute approximate surface area is 169 Å². The van der Waals surface area contributed by atoms with E-state index in [0.29, 0.717) is 34.4 Å². The summed E-state index contributed by atoms with van der Waals surface area (Å²) in [6, 6.07) is 9.88. The number of hydrogen-bond donors (Lipinski definition) is 1. The number of halogens is 1. The van der Waals surface area contributed by atoms with E-state index in [1.807, 2.05) is 24.8 Å². The average molecular weight is 395 g/mol. The maximum absolute atomic E-state index is 12.6. The third-order valence-electron chi connectivity index (χ3n) is 6.58. The molecule has 2 heterocycles. The Morgan fingerprint density at radius 2 is 2.00 bits per heavy atom. The van der Waals surface area contributed by atoms with Crippen LogP contribution in [0.3, 0.4) is 0 Å². The summed E-state index contributed by atoms with van der Waals surface area (Å²) >= 11 is 5.93. The van der Waals surface area contributed by atoms with Crippen LogP contribution in [0.4, 0.5) is 0 Å². The average Bonchev–Trinajstić information content (AvgIpc) is 3.07. The van der Waals surface area contributed by atoms with Crippen molar-refractivity contribution in [1.29, 1.82) is 0 Å². The zero-order chi connectivity index (χ0) is 19.3. The second-order valence-electron chi connectivity index (χ2n) is 8.04. The van der Waals surface area contributed by atoms with Gasteiger partial charge >= 0.3 is 0 Å². The molecule has 5 nitrogen and oxygen atoms in total. The number of pyridine rings is 1. The van der Waals surface area contributed by atoms with E-state index in [-0.39, 0.29) is 11.9 Å². The van der Waals surface area contributed by atoms with Gasteiger partial charge in [0.05, 0.1) is 18.0 Å². The van der Waals surface area contributed by atoms with Gasteiger partial charge in [-0.15, -0.1) is 0 Å². The molecule has 3 aromatic rings. The number of fused-ring (bicyclic) bond motifs is 2. The molecule has 2 aliphatic rings. The van der Waals surface area contributed by atoms with Crippen molar-refractivity contribution in [3.63, 3.8) is 0 Å². The first-order valence-corrected chi connectivity index (χ1v) is 10.4. The lowest BCUT2D eigenvalue weighted by Crippen LogP contribution is -2.37. The number of amides is 1. The monoisotopic (exact) mass is 394 g/mol. The number of imidazole rings is 1. The van der Waals surface area contributed by atoms with Gasteiger partial charge in [-0.1, -0.05) is 18.5 Å². The number of nitrogens with one attached hydrogen (secondary N) is 1. The van der Waals surface area contributed by atoms with Crippen LogP contribution in [0.2, 0.25) is 5.02 Å². The van der Waals surface area contributed by atoms with Gasteiger partial charge in [0.1, 0.15) is 5.52 Å². The molecule has 0 spiro atoms. The minimum Gasteiger partial charge on any atom is -0.349 e. The number of carbonyl (C=O) groups excluding carboxylic acids is 1. The Kier molecular flexibility index (Phi) is 4.35. The SMILES string of the molecule is CCC(NC(=O)c1ccc(Cl)cc1)C1[C@H]2CC(n3cnc4cnccc43)C[C@@H]12. The quantitative estimate of drug-likeness (QED) is 0.693. The van der Waals surface area contributed by atoms with Crippen LogP contribution >= 0.6 is 11.6 Å². The van der Waals surface area contributed by atoms with Crippen molar-refractivity contribution >= 4 is 28.5 Å². The smallest absolute Gasteiger partial charge is 0.251 e. The van der Waals surface area contributed by atoms with Crippen molar-refractivity contribution in [3.05, 3.63) is 59.6 Å². The molecule has 3 unspecified atom stereocenters. The minimum absolute atomic E-state index is 0.00172. The predicted molar refractivity (Wildman–Crippen MR) is 109 cm³/mol. The molecular weight excluding hydrogens is 372 g/mol. The van der Waals surface area contributed by atoms with Gasteiger partial charge in [-0.05, 0) is 67.3 Å². The van der Waals surface area contributed by atoms with Gasteiger partial charge in [0.2, 0.25) is 0 Å². The van der Waals surface area contributed by atoms with Gasteiger partial charge in [0, 0.05) is 28.9 Å². The molecule has 1 N–H and O–H groups in total. The Morgan fingerprint density at radius 3 is 2.71 bits per heavy atom. The lowest BCUT2D eigenvalue weighted by Gasteiger charge is -2.22. The second kappa shape index (κ2) is 6.89. The van der Waals surface area contributed by atoms with Crippen molar-refractivity contribution in [2.24, 2.45) is 17.8 Å². The van der Waals surface area contributed by atoms with Crippen LogP contribution in [0.1, 0.15) is 42.6 Å². The molecule has 0 saturated heterocycles. The van der Waals surface area contributed by atoms with Crippen molar-refractivity contribution in [2.45, 2.75) is 38.3 Å². The lowest BCUT2D eigenvalue weighted by atomic mass is 9.99. The standard InChI is InChI=1S/C22H23ClN4O/c1-2-18(26-22(28)13-3-5-14(23)6-4-13)21-16-9-15(10-17(16)21)27-12-25-19-11-24-8-7-20(19)27/h3-8,11-12,15-18,21H,2,9-10H2,1H3,(H,26,28)/t15?,16-,17+,18?,21?. The van der Waals surface area contributed by atoms with Gasteiger partial charge in [-0.3, -0.25) is 9.78 Å². The lowest BCUT2D eigenvalue weighted by molar-refractivity contribution is 0.0927. The van der Waals surface area contributed by atoms with E-state index in [1.54, 1.807) is 24.3 Å². The van der Waals surface area contributed by atoms with Crippen molar-refractivity contribution in [3.8, 4) is 0 Å². The molecule has 2 saturated carbocycles. The molecule has 2 aromatic heterocycles. The van der Waals surface area contributed by atoms with Crippen LogP contribution in [0.5, 0.6) is 0 Å². The molecule has 0 bridgehead atoms. The van der Waals surface area contributed by atoms with E-state index in [1.165, 1.54) is 5.52 Å². The van der Waals surface area contributed by atoms with Crippen LogP contribution in [-0.2, 0) is 0 Å². The molecule has 5 atom stereocenters. The zero-order valence-electron chi connectivity index (χ0n) is 15.8. The van der Waals surface area contributed by atoms with Crippen LogP contribution in [0, 0.1) is 17.8 Å². The molecular formula is C22H23ClN4O. The summed E-state index contributed by atoms with van der Waals surface area (Å²) in [7, 11) is 0. The van der Waals surface area contributed by atoms with E-state index in [0.717, 1.165) is 24.8 Å². The first kappa shape index (κ1) is 17.7. The molecule has 0 radical (unpaired) electrons. The largest absolute Gasteiger partial charge is 0.349 e. The maximum Gasteiger partial charge on any atom is 0.251 e. The molecule has 6 heteroatoms. The fraction of sp³-hybridized carbons (Fsp3) is 0.409. The van der Waals surface area contributed by atoms with E-state index >= 15 is 0 Å². The number of aromatic nitrogens is 3. The summed E-state index contributed by atoms with van der Waals surface area (Å²) in [5, 5.41) is 3.91. The topological polar surface area (TPSA) is 59.8 Å². The highest BCUT2D eigenvalue weighted by molar-refractivity contribution is 6.30. The normalized spacial score (nSPS) is 26.8. The molecule has 1 aromatic carbocycles. The number of rotatable bonds is 5. The molecule has 144 valence electrons. The van der Waals surface area contributed by atoms with E-state index < -0.39 is 0 Å². The highest BCUT2D eigenvalue weighted by Gasteiger charge is 2.59. The van der Waals surface area contributed by atoms with Gasteiger partial charge < -0.3 is 9.88 Å². The maximum atomic E-state index is 12.6. The number of hydrogen-bond acceptors (Lipinski definition) is 3. The van der Waals surface area contributed by atoms with Crippen LogP contribution < -0.4 is 5.32 Å². The highest BCUT2D eigenvalue weighted by Crippen LogP contribution is 2.62. The van der Waals surface area contributed by atoms with Gasteiger partial charge in [0.15, 0.2) is 0 Å². The zero-order valence-corrected chi connectivity index (χ0v) is 16.5. The molecule has 2 aliphatic carbocycles. The Bertz CT molecular complexity index is 1000. The molecule has 5 rings (SSSR count). The van der Waals surface area contributed by atoms with Gasteiger partial charge in [-0.25, -0.2) is 4.98 Å². The van der Waals surface area contributed by atoms with Gasteiger partial charge in [-0.2, -0.15) is 0 Å². The Morgan fingerprint density at radius 1 is 1.25 bits per heavy atom. The van der Waals surface area contributed by atoms with Crippen LogP contribution in [-0.4, -0.2) is 26.5 Å². The summed E-state index contributed by atoms with van der Waals surface area (Å²) in [4.78, 5) is 21.2. The van der Waals surface area contributed by atoms with Crippen molar-refractivity contribution in [2.75, 3.05) is 0 Å². The predicted octanol–water partition coefficient (Wildman–Crippen LogP) is 4.49. The van der Waals surface area contributed by atoms with Crippen molar-refractivity contribution in [1.82, 2.24) is 19.9 Å². The van der Waals surface area contributed by atoms with E-state index in [2.05, 4.69) is 26.8 Å². The fourth-order valence-electron chi connectivity index (χ4n) is 5.18. The molecule has 28 heavy (non-hydrogen) atoms. The number of carbonyl (C=O) groups is 1. The third-order valence-corrected chi connectivity index (χ3v) is 6.84. The second-order valence-corrected chi connectivity index (χ2v) is 8.48. The molecule has 2 fully saturated rings. The molecule has 1 amide bonds. The summed E-state index contributed by atoms with van der Waals surface area (Å²) in [5.41, 5.74) is 2.80. The van der Waals surface area contributed by atoms with E-state index in [9.17, 15) is 4.79 Å². The van der Waals surface area contributed by atoms with Crippen molar-refractivity contribution < 1.29 is 4.79 Å². The Hall–Kier alpha value is -2.40. The van der Waals surface area contributed by atoms with Crippen LogP contribution in [0.15, 0.2) is 49.1 Å². The first-order valence-electron chi connectivity index (χ1n) is 9.98. The summed E-state index contributed by atoms with van der Waals surface area (Å²) < 4.78 is 2.31. The minimum atomic E-state index is -0.00172. The Balaban J connectivity index is 1.24. The van der Waals surface area contributed by atoms with Crippen LogP contribution in [0.25, 0.3) is 11.0 Å². The summed E-state index contributed by atoms with van der Waals surface area (Å²) in [6.45, 7) is 2.16. The molecule has 0 aliphatic heterocycles. The highest BCUT2D eigenvalue weighted by atomic mass is 35.5. The van der Waals surface area contributed by atoms with Gasteiger partial charge in [0.25, 0.3) is 5.91 Å². The first-order chi connectivity index (χ1) is 13.7. The summed E-state index contributed by atoms with van der Waals surface area (Å²) in [6.07, 6.45) is 8.90. The fourth-order valence-corrected chi connectivity index (χ4v) is 5.31.